The summed E-state index contributed by atoms with van der Waals surface area (Å²) < 4.78 is 0. The lowest BCUT2D eigenvalue weighted by Gasteiger charge is -2.52. The van der Waals surface area contributed by atoms with Crippen molar-refractivity contribution in [1.82, 2.24) is 5.32 Å². The highest BCUT2D eigenvalue weighted by Gasteiger charge is 2.46. The van der Waals surface area contributed by atoms with Crippen LogP contribution in [0, 0.1) is 23.7 Å². The Bertz CT molecular complexity index is 1020. The Morgan fingerprint density at radius 2 is 1.48 bits per heavy atom. The number of hydrogen-bond donors (Lipinski definition) is 2. The van der Waals surface area contributed by atoms with Crippen molar-refractivity contribution >= 4 is 17.6 Å². The van der Waals surface area contributed by atoms with E-state index in [2.05, 4.69) is 48.6 Å². The largest absolute Gasteiger partial charge is 0.508 e. The molecule has 4 saturated carbocycles. The highest BCUT2D eigenvalue weighted by Crippen LogP contribution is 2.58. The van der Waals surface area contributed by atoms with Crippen molar-refractivity contribution in [2.45, 2.75) is 51.9 Å². The number of benzene rings is 2. The molecule has 3 nitrogen and oxygen atoms in total. The molecule has 0 aliphatic heterocycles. The number of amides is 1. The van der Waals surface area contributed by atoms with Gasteiger partial charge in [-0.05, 0) is 103 Å². The zero-order valence-electron chi connectivity index (χ0n) is 19.6. The first-order valence-electron chi connectivity index (χ1n) is 12.7. The van der Waals surface area contributed by atoms with E-state index < -0.39 is 0 Å². The number of allylic oxidation sites excluding steroid dienone is 1. The number of carbonyl (C=O) groups excluding carboxylic acids is 1. The van der Waals surface area contributed by atoms with Crippen molar-refractivity contribution in [2.24, 2.45) is 23.7 Å². The molecular weight excluding hydrogens is 406 g/mol. The summed E-state index contributed by atoms with van der Waals surface area (Å²) in [5, 5.41) is 12.8. The van der Waals surface area contributed by atoms with Gasteiger partial charge in [0, 0.05) is 12.6 Å². The van der Waals surface area contributed by atoms with E-state index >= 15 is 0 Å². The van der Waals surface area contributed by atoms with Crippen LogP contribution in [0.5, 0.6) is 5.75 Å². The van der Waals surface area contributed by atoms with E-state index in [0.29, 0.717) is 17.6 Å². The smallest absolute Gasteiger partial charge is 0.243 e. The minimum Gasteiger partial charge on any atom is -0.508 e. The van der Waals surface area contributed by atoms with E-state index in [0.717, 1.165) is 36.8 Å². The highest BCUT2D eigenvalue weighted by atomic mass is 16.3. The van der Waals surface area contributed by atoms with Gasteiger partial charge in [0.25, 0.3) is 0 Å². The number of aromatic hydroxyl groups is 1. The molecule has 172 valence electrons. The number of carbonyl (C=O) groups is 1. The molecular formula is C30H35NO2. The topological polar surface area (TPSA) is 49.3 Å². The fourth-order valence-electron chi connectivity index (χ4n) is 6.61. The Morgan fingerprint density at radius 1 is 0.909 bits per heavy atom. The predicted octanol–water partition coefficient (Wildman–Crippen LogP) is 6.58. The average Bonchev–Trinajstić information content (AvgIpc) is 2.81. The molecule has 0 aromatic heterocycles. The lowest BCUT2D eigenvalue weighted by atomic mass is 9.53. The summed E-state index contributed by atoms with van der Waals surface area (Å²) in [7, 11) is 0. The summed E-state index contributed by atoms with van der Waals surface area (Å²) >= 11 is 0. The average molecular weight is 442 g/mol. The van der Waals surface area contributed by atoms with Crippen LogP contribution in [0.4, 0.5) is 0 Å². The van der Waals surface area contributed by atoms with E-state index in [4.69, 9.17) is 0 Å². The van der Waals surface area contributed by atoms with Gasteiger partial charge in [-0.3, -0.25) is 4.79 Å². The maximum absolute atomic E-state index is 12.0. The lowest BCUT2D eigenvalue weighted by molar-refractivity contribution is -0.116. The van der Waals surface area contributed by atoms with Crippen LogP contribution in [-0.2, 0) is 4.79 Å². The fourth-order valence-corrected chi connectivity index (χ4v) is 6.61. The monoisotopic (exact) mass is 441 g/mol. The SMILES string of the molecule is CCCCNC(=O)/C=C/c1ccc(C(=C2C3CC4CC(C3)CC2C4)c2ccc(O)cc2)cc1. The van der Waals surface area contributed by atoms with E-state index in [-0.39, 0.29) is 5.91 Å². The van der Waals surface area contributed by atoms with Gasteiger partial charge in [0.1, 0.15) is 5.75 Å². The van der Waals surface area contributed by atoms with Gasteiger partial charge in [-0.15, -0.1) is 0 Å². The zero-order chi connectivity index (χ0) is 22.8. The van der Waals surface area contributed by atoms with Crippen LogP contribution in [0.3, 0.4) is 0 Å². The lowest BCUT2D eigenvalue weighted by Crippen LogP contribution is -2.40. The third-order valence-corrected chi connectivity index (χ3v) is 7.92. The molecule has 4 aliphatic carbocycles. The number of nitrogens with one attached hydrogen (secondary N) is 1. The number of rotatable bonds is 7. The van der Waals surface area contributed by atoms with Crippen LogP contribution in [0.15, 0.2) is 60.2 Å². The third kappa shape index (κ3) is 4.78. The van der Waals surface area contributed by atoms with Crippen molar-refractivity contribution in [2.75, 3.05) is 6.54 Å². The Morgan fingerprint density at radius 3 is 2.06 bits per heavy atom. The van der Waals surface area contributed by atoms with Crippen LogP contribution in [-0.4, -0.2) is 17.6 Å². The number of phenolic OH excluding ortho intramolecular Hbond substituents is 1. The minimum atomic E-state index is -0.0342. The highest BCUT2D eigenvalue weighted by molar-refractivity contribution is 5.91. The molecule has 33 heavy (non-hydrogen) atoms. The van der Waals surface area contributed by atoms with Crippen LogP contribution >= 0.6 is 0 Å². The molecule has 4 bridgehead atoms. The van der Waals surface area contributed by atoms with Crippen molar-refractivity contribution in [1.29, 1.82) is 0 Å². The van der Waals surface area contributed by atoms with Crippen molar-refractivity contribution in [3.63, 3.8) is 0 Å². The van der Waals surface area contributed by atoms with Crippen molar-refractivity contribution in [3.8, 4) is 5.75 Å². The molecule has 2 aromatic rings. The van der Waals surface area contributed by atoms with Crippen molar-refractivity contribution in [3.05, 3.63) is 76.9 Å². The number of unbranched alkanes of at least 4 members (excludes halogenated alkanes) is 1. The van der Waals surface area contributed by atoms with Gasteiger partial charge in [-0.1, -0.05) is 55.3 Å². The summed E-state index contributed by atoms with van der Waals surface area (Å²) in [6, 6.07) is 16.4. The first-order valence-corrected chi connectivity index (χ1v) is 12.7. The van der Waals surface area contributed by atoms with E-state index in [1.165, 1.54) is 48.8 Å². The maximum Gasteiger partial charge on any atom is 0.243 e. The Kier molecular flexibility index (Phi) is 6.39. The van der Waals surface area contributed by atoms with Crippen molar-refractivity contribution < 1.29 is 9.90 Å². The summed E-state index contributed by atoms with van der Waals surface area (Å²) in [6.45, 7) is 2.85. The molecule has 4 fully saturated rings. The van der Waals surface area contributed by atoms with Gasteiger partial charge >= 0.3 is 0 Å². The summed E-state index contributed by atoms with van der Waals surface area (Å²) in [6.07, 6.45) is 12.4. The second-order valence-corrected chi connectivity index (χ2v) is 10.3. The van der Waals surface area contributed by atoms with Crippen LogP contribution in [0.1, 0.15) is 68.6 Å². The molecule has 0 spiro atoms. The second-order valence-electron chi connectivity index (χ2n) is 10.3. The van der Waals surface area contributed by atoms with Gasteiger partial charge in [0.2, 0.25) is 5.91 Å². The molecule has 0 atom stereocenters. The molecule has 4 aliphatic rings. The second kappa shape index (κ2) is 9.59. The third-order valence-electron chi connectivity index (χ3n) is 7.92. The molecule has 3 heteroatoms. The van der Waals surface area contributed by atoms with Crippen LogP contribution < -0.4 is 5.32 Å². The first kappa shape index (κ1) is 22.0. The number of hydrogen-bond acceptors (Lipinski definition) is 2. The molecule has 6 rings (SSSR count). The number of phenols is 1. The summed E-state index contributed by atoms with van der Waals surface area (Å²) in [5.41, 5.74) is 6.51. The molecule has 2 N–H and O–H groups in total. The van der Waals surface area contributed by atoms with Gasteiger partial charge in [-0.2, -0.15) is 0 Å². The van der Waals surface area contributed by atoms with Gasteiger partial charge in [-0.25, -0.2) is 0 Å². The summed E-state index contributed by atoms with van der Waals surface area (Å²) in [5.74, 6) is 3.54. The minimum absolute atomic E-state index is 0.0342. The maximum atomic E-state index is 12.0. The zero-order valence-corrected chi connectivity index (χ0v) is 19.6. The molecule has 2 aromatic carbocycles. The Balaban J connectivity index is 1.44. The molecule has 0 unspecified atom stereocenters. The first-order chi connectivity index (χ1) is 16.1. The van der Waals surface area contributed by atoms with E-state index in [9.17, 15) is 9.90 Å². The molecule has 0 saturated heterocycles. The van der Waals surface area contributed by atoms with Gasteiger partial charge < -0.3 is 10.4 Å². The predicted molar refractivity (Wildman–Crippen MR) is 135 cm³/mol. The molecule has 0 heterocycles. The Hall–Kier alpha value is -2.81. The summed E-state index contributed by atoms with van der Waals surface area (Å²) in [4.78, 5) is 12.0. The van der Waals surface area contributed by atoms with Gasteiger partial charge in [0.05, 0.1) is 0 Å². The van der Waals surface area contributed by atoms with Crippen LogP contribution in [0.2, 0.25) is 0 Å². The van der Waals surface area contributed by atoms with E-state index in [1.807, 2.05) is 6.08 Å². The van der Waals surface area contributed by atoms with Gasteiger partial charge in [0.15, 0.2) is 0 Å². The fraction of sp³-hybridized carbons (Fsp3) is 0.433. The standard InChI is InChI=1S/C30H35NO2/c1-2-3-14-31-28(33)13-6-20-4-7-23(8-5-20)29(24-9-11-27(32)12-10-24)30-25-16-21-15-22(18-25)19-26(30)17-21/h4-13,21-22,25-26,32H,2-3,14-19H2,1H3,(H,31,33)/b13-6+,30-29?. The normalized spacial score (nSPS) is 25.5. The molecule has 0 radical (unpaired) electrons. The van der Waals surface area contributed by atoms with Crippen LogP contribution in [0.25, 0.3) is 11.6 Å². The quantitative estimate of drug-likeness (QED) is 0.377. The Labute approximate surface area is 197 Å². The molecule has 1 amide bonds. The van der Waals surface area contributed by atoms with E-state index in [1.54, 1.807) is 23.8 Å².